The van der Waals surface area contributed by atoms with E-state index in [1.54, 1.807) is 36.4 Å². The molecule has 1 unspecified atom stereocenters. The zero-order chi connectivity index (χ0) is 22.4. The molecule has 1 fully saturated rings. The molecule has 0 radical (unpaired) electrons. The minimum absolute atomic E-state index is 0.105. The first-order valence-corrected chi connectivity index (χ1v) is 12.1. The molecular formula is C22H27N3O4S2. The minimum atomic E-state index is -3.46. The van der Waals surface area contributed by atoms with Gasteiger partial charge in [-0.15, -0.1) is 0 Å². The van der Waals surface area contributed by atoms with Crippen LogP contribution in [-0.2, 0) is 10.0 Å². The summed E-state index contributed by atoms with van der Waals surface area (Å²) in [6.07, 6.45) is 2.78. The summed E-state index contributed by atoms with van der Waals surface area (Å²) >= 11 is 5.21. The Hall–Kier alpha value is -2.49. The van der Waals surface area contributed by atoms with Crippen LogP contribution in [0.25, 0.3) is 0 Å². The van der Waals surface area contributed by atoms with Crippen LogP contribution in [0.1, 0.15) is 43.5 Å². The van der Waals surface area contributed by atoms with Crippen LogP contribution in [0, 0.1) is 0 Å². The summed E-state index contributed by atoms with van der Waals surface area (Å²) in [5.74, 6) is 0.358. The van der Waals surface area contributed by atoms with Crippen molar-refractivity contribution in [1.82, 2.24) is 9.62 Å². The lowest BCUT2D eigenvalue weighted by molar-refractivity contribution is 0.0977. The first kappa shape index (κ1) is 23.2. The highest BCUT2D eigenvalue weighted by atomic mass is 32.2. The molecule has 0 aliphatic carbocycles. The maximum absolute atomic E-state index is 12.6. The normalized spacial score (nSPS) is 15.3. The summed E-state index contributed by atoms with van der Waals surface area (Å²) in [7, 11) is -3.46. The number of hydrogen-bond acceptors (Lipinski definition) is 5. The monoisotopic (exact) mass is 461 g/mol. The number of anilines is 1. The maximum atomic E-state index is 12.6. The van der Waals surface area contributed by atoms with E-state index in [1.165, 1.54) is 16.4 Å². The summed E-state index contributed by atoms with van der Waals surface area (Å²) in [6.45, 7) is 5.14. The third kappa shape index (κ3) is 6.03. The number of ether oxygens (including phenoxy) is 1. The van der Waals surface area contributed by atoms with Crippen molar-refractivity contribution in [2.45, 2.75) is 44.1 Å². The molecule has 2 N–H and O–H groups in total. The average Bonchev–Trinajstić information content (AvgIpc) is 3.30. The lowest BCUT2D eigenvalue weighted by atomic mass is 10.2. The Kier molecular flexibility index (Phi) is 7.64. The molecule has 0 saturated carbocycles. The van der Waals surface area contributed by atoms with Crippen LogP contribution in [0.15, 0.2) is 53.4 Å². The molecule has 2 aromatic carbocycles. The van der Waals surface area contributed by atoms with Crippen LogP contribution in [-0.4, -0.2) is 42.9 Å². The third-order valence-electron chi connectivity index (χ3n) is 5.07. The quantitative estimate of drug-likeness (QED) is 0.610. The van der Waals surface area contributed by atoms with Crippen molar-refractivity contribution < 1.29 is 17.9 Å². The molecule has 0 aromatic heterocycles. The standard InChI is InChI=1S/C22H27N3O4S2/c1-3-16(2)29-19-10-6-17(7-11-19)21(26)24-22(30)23-18-8-12-20(13-9-18)31(27,28)25-14-4-5-15-25/h6-13,16H,3-5,14-15H2,1-2H3,(H2,23,24,26,30). The number of sulfonamides is 1. The second-order valence-electron chi connectivity index (χ2n) is 7.40. The van der Waals surface area contributed by atoms with Crippen LogP contribution in [0.3, 0.4) is 0 Å². The van der Waals surface area contributed by atoms with Crippen molar-refractivity contribution in [3.05, 3.63) is 54.1 Å². The number of rotatable bonds is 7. The Morgan fingerprint density at radius 3 is 2.29 bits per heavy atom. The molecule has 31 heavy (non-hydrogen) atoms. The fourth-order valence-corrected chi connectivity index (χ4v) is 4.85. The SMILES string of the molecule is CCC(C)Oc1ccc(C(=O)NC(=S)Nc2ccc(S(=O)(=O)N3CCCC3)cc2)cc1. The largest absolute Gasteiger partial charge is 0.491 e. The van der Waals surface area contributed by atoms with Gasteiger partial charge in [-0.3, -0.25) is 10.1 Å². The van der Waals surface area contributed by atoms with Crippen molar-refractivity contribution in [3.8, 4) is 5.75 Å². The van der Waals surface area contributed by atoms with Gasteiger partial charge in [-0.2, -0.15) is 4.31 Å². The summed E-state index contributed by atoms with van der Waals surface area (Å²) in [4.78, 5) is 12.6. The molecule has 1 heterocycles. The highest BCUT2D eigenvalue weighted by Crippen LogP contribution is 2.22. The van der Waals surface area contributed by atoms with Gasteiger partial charge in [0.1, 0.15) is 5.75 Å². The molecule has 9 heteroatoms. The predicted octanol–water partition coefficient (Wildman–Crippen LogP) is 3.78. The molecule has 2 aromatic rings. The third-order valence-corrected chi connectivity index (χ3v) is 7.19. The van der Waals surface area contributed by atoms with Gasteiger partial charge in [-0.1, -0.05) is 6.92 Å². The lowest BCUT2D eigenvalue weighted by Crippen LogP contribution is -2.34. The number of thiocarbonyl (C=S) groups is 1. The van der Waals surface area contributed by atoms with Gasteiger partial charge in [0, 0.05) is 24.3 Å². The zero-order valence-corrected chi connectivity index (χ0v) is 19.3. The van der Waals surface area contributed by atoms with E-state index in [4.69, 9.17) is 17.0 Å². The van der Waals surface area contributed by atoms with Gasteiger partial charge >= 0.3 is 0 Å². The number of amides is 1. The minimum Gasteiger partial charge on any atom is -0.491 e. The van der Waals surface area contributed by atoms with Crippen molar-refractivity contribution in [2.75, 3.05) is 18.4 Å². The Balaban J connectivity index is 1.56. The first-order valence-electron chi connectivity index (χ1n) is 10.3. The zero-order valence-electron chi connectivity index (χ0n) is 17.6. The van der Waals surface area contributed by atoms with E-state index in [1.807, 2.05) is 13.8 Å². The molecule has 1 saturated heterocycles. The molecule has 0 spiro atoms. The van der Waals surface area contributed by atoms with E-state index in [2.05, 4.69) is 10.6 Å². The molecule has 3 rings (SSSR count). The van der Waals surface area contributed by atoms with E-state index < -0.39 is 10.0 Å². The van der Waals surface area contributed by atoms with Gasteiger partial charge < -0.3 is 10.1 Å². The van der Waals surface area contributed by atoms with Gasteiger partial charge in [-0.05, 0) is 86.9 Å². The van der Waals surface area contributed by atoms with Crippen molar-refractivity contribution in [2.24, 2.45) is 0 Å². The summed E-state index contributed by atoms with van der Waals surface area (Å²) in [5.41, 5.74) is 1.04. The van der Waals surface area contributed by atoms with Crippen molar-refractivity contribution in [3.63, 3.8) is 0 Å². The number of carbonyl (C=O) groups is 1. The van der Waals surface area contributed by atoms with Gasteiger partial charge in [0.05, 0.1) is 11.0 Å². The Morgan fingerprint density at radius 1 is 1.10 bits per heavy atom. The first-order chi connectivity index (χ1) is 14.8. The Morgan fingerprint density at radius 2 is 1.71 bits per heavy atom. The molecule has 0 bridgehead atoms. The molecule has 166 valence electrons. The maximum Gasteiger partial charge on any atom is 0.257 e. The van der Waals surface area contributed by atoms with Crippen LogP contribution >= 0.6 is 12.2 Å². The average molecular weight is 462 g/mol. The number of nitrogens with zero attached hydrogens (tertiary/aromatic N) is 1. The molecule has 7 nitrogen and oxygen atoms in total. The van der Waals surface area contributed by atoms with E-state index in [9.17, 15) is 13.2 Å². The lowest BCUT2D eigenvalue weighted by Gasteiger charge is -2.16. The number of nitrogens with one attached hydrogen (secondary N) is 2. The van der Waals surface area contributed by atoms with Gasteiger partial charge in [0.15, 0.2) is 5.11 Å². The molecular weight excluding hydrogens is 434 g/mol. The smallest absolute Gasteiger partial charge is 0.257 e. The molecule has 1 atom stereocenters. The second-order valence-corrected chi connectivity index (χ2v) is 9.75. The van der Waals surface area contributed by atoms with Crippen LogP contribution in [0.2, 0.25) is 0 Å². The molecule has 1 amide bonds. The topological polar surface area (TPSA) is 87.7 Å². The second kappa shape index (κ2) is 10.2. The fraction of sp³-hybridized carbons (Fsp3) is 0.364. The Labute approximate surface area is 188 Å². The number of benzene rings is 2. The molecule has 1 aliphatic rings. The summed E-state index contributed by atoms with van der Waals surface area (Å²) in [5, 5.41) is 5.65. The van der Waals surface area contributed by atoms with Crippen LogP contribution < -0.4 is 15.4 Å². The summed E-state index contributed by atoms with van der Waals surface area (Å²) in [6, 6.07) is 13.2. The van der Waals surface area contributed by atoms with E-state index in [-0.39, 0.29) is 22.0 Å². The predicted molar refractivity (Wildman–Crippen MR) is 125 cm³/mol. The number of carbonyl (C=O) groups excluding carboxylic acids is 1. The van der Waals surface area contributed by atoms with Crippen molar-refractivity contribution in [1.29, 1.82) is 0 Å². The van der Waals surface area contributed by atoms with Crippen molar-refractivity contribution >= 4 is 38.9 Å². The number of hydrogen-bond donors (Lipinski definition) is 2. The van der Waals surface area contributed by atoms with E-state index in [0.717, 1.165) is 19.3 Å². The van der Waals surface area contributed by atoms with Crippen LogP contribution in [0.5, 0.6) is 5.75 Å². The fourth-order valence-electron chi connectivity index (χ4n) is 3.13. The van der Waals surface area contributed by atoms with Crippen LogP contribution in [0.4, 0.5) is 5.69 Å². The van der Waals surface area contributed by atoms with E-state index >= 15 is 0 Å². The highest BCUT2D eigenvalue weighted by Gasteiger charge is 2.26. The van der Waals surface area contributed by atoms with E-state index in [0.29, 0.717) is 30.1 Å². The van der Waals surface area contributed by atoms with Gasteiger partial charge in [0.25, 0.3) is 5.91 Å². The van der Waals surface area contributed by atoms with Gasteiger partial charge in [0.2, 0.25) is 10.0 Å². The van der Waals surface area contributed by atoms with Gasteiger partial charge in [-0.25, -0.2) is 8.42 Å². The summed E-state index contributed by atoms with van der Waals surface area (Å²) < 4.78 is 32.4. The highest BCUT2D eigenvalue weighted by molar-refractivity contribution is 7.89. The molecule has 1 aliphatic heterocycles. The Bertz CT molecular complexity index is 1020.